The van der Waals surface area contributed by atoms with E-state index in [1.165, 1.54) is 6.07 Å². The second-order valence-electron chi connectivity index (χ2n) is 5.34. The Balaban J connectivity index is 1.62. The van der Waals surface area contributed by atoms with E-state index in [2.05, 4.69) is 4.57 Å². The smallest absolute Gasteiger partial charge is 0.123 e. The fourth-order valence-electron chi connectivity index (χ4n) is 2.98. The molecule has 4 rings (SSSR count). The van der Waals surface area contributed by atoms with E-state index in [4.69, 9.17) is 16.3 Å². The van der Waals surface area contributed by atoms with Crippen molar-refractivity contribution in [3.63, 3.8) is 0 Å². The summed E-state index contributed by atoms with van der Waals surface area (Å²) in [5, 5.41) is 1.85. The summed E-state index contributed by atoms with van der Waals surface area (Å²) in [6.07, 6.45) is 2.74. The van der Waals surface area contributed by atoms with Crippen LogP contribution in [0.2, 0.25) is 5.02 Å². The maximum Gasteiger partial charge on any atom is 0.123 e. The topological polar surface area (TPSA) is 14.2 Å². The number of rotatable bonds is 2. The lowest BCUT2D eigenvalue weighted by Gasteiger charge is -2.13. The molecule has 106 valence electrons. The van der Waals surface area contributed by atoms with Crippen LogP contribution in [0.15, 0.2) is 48.7 Å². The second kappa shape index (κ2) is 4.78. The molecule has 1 aliphatic heterocycles. The number of ether oxygens (including phenoxy) is 1. The van der Waals surface area contributed by atoms with Crippen LogP contribution in [-0.2, 0) is 13.0 Å². The fraction of sp³-hybridized carbons (Fsp3) is 0.176. The van der Waals surface area contributed by atoms with E-state index in [0.717, 1.165) is 33.7 Å². The molecule has 0 saturated heterocycles. The lowest BCUT2D eigenvalue weighted by atomic mass is 10.1. The third-order valence-electron chi connectivity index (χ3n) is 3.90. The summed E-state index contributed by atoms with van der Waals surface area (Å²) >= 11 is 6.29. The molecule has 0 N–H and O–H groups in total. The summed E-state index contributed by atoms with van der Waals surface area (Å²) in [4.78, 5) is 0. The van der Waals surface area contributed by atoms with Crippen molar-refractivity contribution < 1.29 is 9.13 Å². The lowest BCUT2D eigenvalue weighted by Crippen LogP contribution is -2.20. The highest BCUT2D eigenvalue weighted by Gasteiger charge is 2.24. The summed E-state index contributed by atoms with van der Waals surface area (Å²) in [5.74, 6) is 0.566. The number of halogens is 2. The van der Waals surface area contributed by atoms with Crippen molar-refractivity contribution >= 4 is 22.5 Å². The summed E-state index contributed by atoms with van der Waals surface area (Å²) in [6, 6.07) is 12.6. The van der Waals surface area contributed by atoms with Gasteiger partial charge in [-0.15, -0.1) is 0 Å². The quantitative estimate of drug-likeness (QED) is 0.682. The van der Waals surface area contributed by atoms with Crippen molar-refractivity contribution in [2.24, 2.45) is 0 Å². The highest BCUT2D eigenvalue weighted by Crippen LogP contribution is 2.31. The fourth-order valence-corrected chi connectivity index (χ4v) is 3.27. The van der Waals surface area contributed by atoms with Gasteiger partial charge < -0.3 is 9.30 Å². The van der Waals surface area contributed by atoms with Crippen LogP contribution in [0, 0.1) is 5.82 Å². The average molecular weight is 302 g/mol. The zero-order valence-electron chi connectivity index (χ0n) is 11.2. The van der Waals surface area contributed by atoms with Crippen LogP contribution in [-0.4, -0.2) is 10.7 Å². The van der Waals surface area contributed by atoms with Gasteiger partial charge in [0.2, 0.25) is 0 Å². The van der Waals surface area contributed by atoms with Gasteiger partial charge in [-0.25, -0.2) is 4.39 Å². The minimum atomic E-state index is -0.215. The normalized spacial score (nSPS) is 17.0. The number of nitrogens with zero attached hydrogens (tertiary/aromatic N) is 1. The Hall–Kier alpha value is -2.00. The largest absolute Gasteiger partial charge is 0.488 e. The van der Waals surface area contributed by atoms with Crippen LogP contribution in [0.1, 0.15) is 5.56 Å². The van der Waals surface area contributed by atoms with Crippen molar-refractivity contribution in [3.05, 3.63) is 65.1 Å². The van der Waals surface area contributed by atoms with E-state index < -0.39 is 0 Å². The third-order valence-corrected chi connectivity index (χ3v) is 4.21. The van der Waals surface area contributed by atoms with Crippen LogP contribution in [0.4, 0.5) is 4.39 Å². The Morgan fingerprint density at radius 1 is 1.24 bits per heavy atom. The van der Waals surface area contributed by atoms with Gasteiger partial charge in [0.25, 0.3) is 0 Å². The van der Waals surface area contributed by atoms with Crippen molar-refractivity contribution in [3.8, 4) is 5.75 Å². The molecule has 2 heterocycles. The number of fused-ring (bicyclic) bond motifs is 2. The third kappa shape index (κ3) is 2.18. The molecule has 4 heteroatoms. The van der Waals surface area contributed by atoms with Gasteiger partial charge in [0.05, 0.1) is 17.1 Å². The molecule has 0 spiro atoms. The van der Waals surface area contributed by atoms with Gasteiger partial charge >= 0.3 is 0 Å². The van der Waals surface area contributed by atoms with Crippen LogP contribution >= 0.6 is 11.6 Å². The number of benzene rings is 2. The molecule has 2 nitrogen and oxygen atoms in total. The van der Waals surface area contributed by atoms with Crippen LogP contribution < -0.4 is 4.74 Å². The second-order valence-corrected chi connectivity index (χ2v) is 5.75. The van der Waals surface area contributed by atoms with Gasteiger partial charge in [-0.1, -0.05) is 23.7 Å². The summed E-state index contributed by atoms with van der Waals surface area (Å²) < 4.78 is 21.2. The predicted molar refractivity (Wildman–Crippen MR) is 81.5 cm³/mol. The first-order chi connectivity index (χ1) is 10.2. The first-order valence-electron chi connectivity index (χ1n) is 6.89. The van der Waals surface area contributed by atoms with E-state index in [1.807, 2.05) is 30.5 Å². The van der Waals surface area contributed by atoms with E-state index in [0.29, 0.717) is 6.54 Å². The Kier molecular flexibility index (Phi) is 2.89. The summed E-state index contributed by atoms with van der Waals surface area (Å²) in [7, 11) is 0. The molecule has 0 aliphatic carbocycles. The molecule has 3 aromatic rings. The van der Waals surface area contributed by atoms with Gasteiger partial charge in [-0.2, -0.15) is 0 Å². The monoisotopic (exact) mass is 301 g/mol. The van der Waals surface area contributed by atoms with Gasteiger partial charge in [0, 0.05) is 23.6 Å². The molecule has 21 heavy (non-hydrogen) atoms. The standard InChI is InChI=1S/C17H13ClFNO/c18-15-3-1-2-11-6-7-20(17(11)15)10-14-9-12-8-13(19)4-5-16(12)21-14/h1-8,14H,9-10H2. The molecule has 0 amide bonds. The Bertz CT molecular complexity index is 827. The van der Waals surface area contributed by atoms with E-state index in [9.17, 15) is 4.39 Å². The zero-order valence-corrected chi connectivity index (χ0v) is 12.0. The van der Waals surface area contributed by atoms with E-state index in [1.54, 1.807) is 12.1 Å². The Labute approximate surface area is 126 Å². The average Bonchev–Trinajstić information content (AvgIpc) is 3.03. The highest BCUT2D eigenvalue weighted by atomic mass is 35.5. The van der Waals surface area contributed by atoms with Crippen molar-refractivity contribution in [2.45, 2.75) is 19.1 Å². The maximum absolute atomic E-state index is 13.2. The Morgan fingerprint density at radius 3 is 3.05 bits per heavy atom. The maximum atomic E-state index is 13.2. The van der Waals surface area contributed by atoms with Crippen molar-refractivity contribution in [1.82, 2.24) is 4.57 Å². The minimum Gasteiger partial charge on any atom is -0.488 e. The highest BCUT2D eigenvalue weighted by molar-refractivity contribution is 6.35. The molecule has 0 bridgehead atoms. The molecule has 1 atom stereocenters. The minimum absolute atomic E-state index is 0.00803. The lowest BCUT2D eigenvalue weighted by molar-refractivity contribution is 0.211. The molecular formula is C17H13ClFNO. The molecule has 0 radical (unpaired) electrons. The Morgan fingerprint density at radius 2 is 2.14 bits per heavy atom. The number of hydrogen-bond donors (Lipinski definition) is 0. The van der Waals surface area contributed by atoms with Crippen LogP contribution in [0.5, 0.6) is 5.75 Å². The number of para-hydroxylation sites is 1. The van der Waals surface area contributed by atoms with Crippen molar-refractivity contribution in [1.29, 1.82) is 0 Å². The van der Waals surface area contributed by atoms with Gasteiger partial charge in [-0.3, -0.25) is 0 Å². The van der Waals surface area contributed by atoms with E-state index >= 15 is 0 Å². The molecule has 1 aliphatic rings. The van der Waals surface area contributed by atoms with E-state index in [-0.39, 0.29) is 11.9 Å². The molecule has 1 aromatic heterocycles. The van der Waals surface area contributed by atoms with Gasteiger partial charge in [0.15, 0.2) is 0 Å². The first-order valence-corrected chi connectivity index (χ1v) is 7.27. The SMILES string of the molecule is Fc1ccc2c(c1)CC(Cn1ccc3cccc(Cl)c31)O2. The van der Waals surface area contributed by atoms with Gasteiger partial charge in [0.1, 0.15) is 17.7 Å². The molecule has 0 fully saturated rings. The van der Waals surface area contributed by atoms with Gasteiger partial charge in [-0.05, 0) is 30.3 Å². The summed E-state index contributed by atoms with van der Waals surface area (Å²) in [5.41, 5.74) is 1.95. The number of aromatic nitrogens is 1. The van der Waals surface area contributed by atoms with Crippen LogP contribution in [0.3, 0.4) is 0 Å². The summed E-state index contributed by atoms with van der Waals surface area (Å²) in [6.45, 7) is 0.698. The molecular weight excluding hydrogens is 289 g/mol. The van der Waals surface area contributed by atoms with Crippen LogP contribution in [0.25, 0.3) is 10.9 Å². The first kappa shape index (κ1) is 12.7. The molecule has 2 aromatic carbocycles. The predicted octanol–water partition coefficient (Wildman–Crippen LogP) is 4.44. The molecule has 0 saturated carbocycles. The zero-order chi connectivity index (χ0) is 14.4. The van der Waals surface area contributed by atoms with Crippen molar-refractivity contribution in [2.75, 3.05) is 0 Å². The molecule has 1 unspecified atom stereocenters. The number of hydrogen-bond acceptors (Lipinski definition) is 1.